The van der Waals surface area contributed by atoms with Gasteiger partial charge in [0, 0.05) is 38.3 Å². The number of amides is 1. The fraction of sp³-hybridized carbons (Fsp3) is 0.444. The largest absolute Gasteiger partial charge is 0.439 e. The number of ether oxygens (including phenoxy) is 1. The predicted octanol–water partition coefficient (Wildman–Crippen LogP) is 1.32. The number of nitrogens with zero attached hydrogens (tertiary/aromatic N) is 7. The Hall–Kier alpha value is -3.88. The maximum atomic E-state index is 13.0. The molecular formula is C27H34N10O3S. The number of imidazole rings is 1. The van der Waals surface area contributed by atoms with Gasteiger partial charge in [-0.05, 0) is 43.0 Å². The molecule has 1 amide bonds. The summed E-state index contributed by atoms with van der Waals surface area (Å²) in [5.74, 6) is -0.127. The molecule has 3 aromatic rings. The first-order valence-electron chi connectivity index (χ1n) is 13.7. The molecule has 4 aliphatic heterocycles. The van der Waals surface area contributed by atoms with Crippen LogP contribution in [0.1, 0.15) is 18.9 Å². The molecule has 6 heterocycles. The highest BCUT2D eigenvalue weighted by molar-refractivity contribution is 7.99. The van der Waals surface area contributed by atoms with E-state index in [0.29, 0.717) is 49.7 Å². The molecule has 0 saturated carbocycles. The number of aromatic nitrogens is 4. The van der Waals surface area contributed by atoms with Crippen molar-refractivity contribution >= 4 is 52.1 Å². The third kappa shape index (κ3) is 5.42. The van der Waals surface area contributed by atoms with E-state index in [1.54, 1.807) is 29.2 Å². The van der Waals surface area contributed by atoms with Crippen LogP contribution in [0.3, 0.4) is 0 Å². The van der Waals surface area contributed by atoms with Crippen LogP contribution in [0.15, 0.2) is 49.4 Å². The molecule has 2 bridgehead atoms. The number of rotatable bonds is 5. The number of nitrogens with one attached hydrogen (secondary N) is 2. The lowest BCUT2D eigenvalue weighted by Gasteiger charge is -2.39. The second-order valence-electron chi connectivity index (χ2n) is 10.3. The van der Waals surface area contributed by atoms with Crippen molar-refractivity contribution in [3.63, 3.8) is 0 Å². The van der Waals surface area contributed by atoms with Gasteiger partial charge in [-0.25, -0.2) is 9.97 Å². The van der Waals surface area contributed by atoms with Crippen molar-refractivity contribution in [2.45, 2.75) is 36.5 Å². The van der Waals surface area contributed by atoms with Crippen LogP contribution in [-0.2, 0) is 14.3 Å². The standard InChI is InChI=1S/C27H34N10O3S/c1-3-22(38)34-10-8-19(15-34)36-16-31-21-13-30-27(32-25(21)36)33-37-18-6-4-17(5-7-18)35-11-9-29-14-23(35)40-26(39)20(28)12-24(37)41-2/h3-7,13,16,19-20,23-24,29H,1,8-12,14-15,28H2,2H3,(H,30,32,33). The third-order valence-electron chi connectivity index (χ3n) is 7.81. The Balaban J connectivity index is 1.31. The predicted molar refractivity (Wildman–Crippen MR) is 158 cm³/mol. The average Bonchev–Trinajstić information content (AvgIpc) is 3.65. The van der Waals surface area contributed by atoms with Gasteiger partial charge in [0.15, 0.2) is 11.9 Å². The smallest absolute Gasteiger partial charge is 0.324 e. The Morgan fingerprint density at radius 2 is 2.05 bits per heavy atom. The van der Waals surface area contributed by atoms with E-state index in [-0.39, 0.29) is 17.3 Å². The first-order valence-corrected chi connectivity index (χ1v) is 15.0. The van der Waals surface area contributed by atoms with Crippen molar-refractivity contribution in [3.05, 3.63) is 49.4 Å². The van der Waals surface area contributed by atoms with Gasteiger partial charge in [-0.1, -0.05) is 6.58 Å². The number of anilines is 3. The van der Waals surface area contributed by atoms with E-state index in [1.807, 2.05) is 40.1 Å². The van der Waals surface area contributed by atoms with Crippen molar-refractivity contribution in [2.75, 3.05) is 54.3 Å². The van der Waals surface area contributed by atoms with Gasteiger partial charge in [0.25, 0.3) is 0 Å². The molecule has 2 fully saturated rings. The minimum atomic E-state index is -0.814. The lowest BCUT2D eigenvalue weighted by molar-refractivity contribution is -0.151. The number of likely N-dealkylation sites (tertiary alicyclic amines) is 1. The van der Waals surface area contributed by atoms with E-state index < -0.39 is 18.2 Å². The van der Waals surface area contributed by atoms with Crippen molar-refractivity contribution in [1.29, 1.82) is 0 Å². The summed E-state index contributed by atoms with van der Waals surface area (Å²) in [5.41, 5.74) is 12.9. The Labute approximate surface area is 242 Å². The van der Waals surface area contributed by atoms with Crippen molar-refractivity contribution in [2.24, 2.45) is 5.73 Å². The Morgan fingerprint density at radius 1 is 1.24 bits per heavy atom. The van der Waals surface area contributed by atoms with Gasteiger partial charge >= 0.3 is 5.97 Å². The number of fused-ring (bicyclic) bond motifs is 8. The van der Waals surface area contributed by atoms with Gasteiger partial charge in [0.05, 0.1) is 36.2 Å². The molecule has 0 aliphatic carbocycles. The number of carbonyl (C=O) groups is 2. The van der Waals surface area contributed by atoms with Crippen LogP contribution in [0.25, 0.3) is 11.2 Å². The highest BCUT2D eigenvalue weighted by atomic mass is 32.2. The van der Waals surface area contributed by atoms with E-state index in [2.05, 4.69) is 32.2 Å². The molecule has 4 aliphatic rings. The monoisotopic (exact) mass is 578 g/mol. The van der Waals surface area contributed by atoms with Crippen LogP contribution in [0.5, 0.6) is 0 Å². The first-order chi connectivity index (χ1) is 19.9. The minimum Gasteiger partial charge on any atom is -0.439 e. The summed E-state index contributed by atoms with van der Waals surface area (Å²) in [6, 6.07) is 7.37. The summed E-state index contributed by atoms with van der Waals surface area (Å²) in [6.07, 6.45) is 7.48. The Morgan fingerprint density at radius 3 is 2.83 bits per heavy atom. The number of nitrogens with two attached hydrogens (primary N) is 1. The number of hydrogen-bond acceptors (Lipinski definition) is 12. The molecular weight excluding hydrogens is 544 g/mol. The zero-order chi connectivity index (χ0) is 28.5. The topological polar surface area (TPSA) is 147 Å². The maximum Gasteiger partial charge on any atom is 0.324 e. The van der Waals surface area contributed by atoms with Gasteiger partial charge in [0.1, 0.15) is 11.6 Å². The number of benzene rings is 1. The number of thioether (sulfide) groups is 1. The summed E-state index contributed by atoms with van der Waals surface area (Å²) in [7, 11) is 0. The average molecular weight is 579 g/mol. The lowest BCUT2D eigenvalue weighted by atomic mass is 10.1. The first kappa shape index (κ1) is 27.3. The molecule has 216 valence electrons. The maximum absolute atomic E-state index is 13.0. The van der Waals surface area contributed by atoms with Gasteiger partial charge in [-0.2, -0.15) is 4.98 Å². The van der Waals surface area contributed by atoms with Crippen molar-refractivity contribution < 1.29 is 14.3 Å². The third-order valence-corrected chi connectivity index (χ3v) is 8.75. The van der Waals surface area contributed by atoms with Crippen LogP contribution in [0, 0.1) is 0 Å². The van der Waals surface area contributed by atoms with Crippen molar-refractivity contribution in [1.82, 2.24) is 29.7 Å². The van der Waals surface area contributed by atoms with Crippen molar-refractivity contribution in [3.8, 4) is 0 Å². The van der Waals surface area contributed by atoms with Crippen LogP contribution in [0.2, 0.25) is 0 Å². The van der Waals surface area contributed by atoms with Gasteiger partial charge < -0.3 is 30.2 Å². The van der Waals surface area contributed by atoms with Crippen LogP contribution in [-0.4, -0.2) is 92.9 Å². The minimum absolute atomic E-state index is 0.0533. The second kappa shape index (κ2) is 11.5. The zero-order valence-corrected chi connectivity index (χ0v) is 23.7. The molecule has 2 aromatic heterocycles. The summed E-state index contributed by atoms with van der Waals surface area (Å²) < 4.78 is 7.86. The van der Waals surface area contributed by atoms with Crippen LogP contribution in [0.4, 0.5) is 17.3 Å². The quantitative estimate of drug-likeness (QED) is 0.296. The molecule has 13 nitrogen and oxygen atoms in total. The molecule has 7 rings (SSSR count). The van der Waals surface area contributed by atoms with E-state index in [0.717, 1.165) is 24.3 Å². The van der Waals surface area contributed by atoms with E-state index in [1.165, 1.54) is 6.08 Å². The number of hydrogen-bond donors (Lipinski definition) is 3. The van der Waals surface area contributed by atoms with E-state index in [9.17, 15) is 9.59 Å². The molecule has 4 N–H and O–H groups in total. The summed E-state index contributed by atoms with van der Waals surface area (Å²) >= 11 is 1.56. The molecule has 14 heteroatoms. The zero-order valence-electron chi connectivity index (χ0n) is 22.8. The summed E-state index contributed by atoms with van der Waals surface area (Å²) in [6.45, 7) is 6.87. The molecule has 4 unspecified atom stereocenters. The summed E-state index contributed by atoms with van der Waals surface area (Å²) in [4.78, 5) is 42.9. The molecule has 41 heavy (non-hydrogen) atoms. The fourth-order valence-corrected chi connectivity index (χ4v) is 6.37. The molecule has 4 atom stereocenters. The highest BCUT2D eigenvalue weighted by Gasteiger charge is 2.33. The highest BCUT2D eigenvalue weighted by Crippen LogP contribution is 2.31. The fourth-order valence-electron chi connectivity index (χ4n) is 5.58. The lowest BCUT2D eigenvalue weighted by Crippen LogP contribution is -2.55. The number of piperazine rings is 1. The number of esters is 1. The van der Waals surface area contributed by atoms with Gasteiger partial charge in [0.2, 0.25) is 11.9 Å². The number of carbonyl (C=O) groups excluding carboxylic acids is 2. The van der Waals surface area contributed by atoms with E-state index in [4.69, 9.17) is 15.5 Å². The molecule has 0 radical (unpaired) electrons. The Kier molecular flexibility index (Phi) is 7.69. The van der Waals surface area contributed by atoms with Crippen LogP contribution < -0.4 is 26.4 Å². The van der Waals surface area contributed by atoms with Gasteiger partial charge in [-0.15, -0.1) is 11.8 Å². The normalized spacial score (nSPS) is 24.9. The Bertz CT molecular complexity index is 1430. The SMILES string of the molecule is C=CC(=O)N1CCC(n2cnc3cnc(NN4c5ccc(cc5)N5CCNCC5OC(=O)C(N)CC4SC)nc32)C1. The summed E-state index contributed by atoms with van der Waals surface area (Å²) in [5, 5.41) is 5.00. The molecule has 1 aromatic carbocycles. The van der Waals surface area contributed by atoms with Crippen LogP contribution >= 0.6 is 11.8 Å². The van der Waals surface area contributed by atoms with E-state index >= 15 is 0 Å². The number of hydrazine groups is 1. The van der Waals surface area contributed by atoms with Gasteiger partial charge in [-0.3, -0.25) is 20.0 Å². The molecule has 2 saturated heterocycles. The second-order valence-corrected chi connectivity index (χ2v) is 11.3. The molecule has 0 spiro atoms.